The van der Waals surface area contributed by atoms with E-state index in [1.165, 1.54) is 22.3 Å². The Morgan fingerprint density at radius 2 is 1.90 bits per heavy atom. The minimum atomic E-state index is 0.365. The topological polar surface area (TPSA) is 38.5 Å². The third-order valence-corrected chi connectivity index (χ3v) is 4.72. The van der Waals surface area contributed by atoms with E-state index in [-0.39, 0.29) is 0 Å². The van der Waals surface area contributed by atoms with Crippen LogP contribution in [0, 0.1) is 0 Å². The molecule has 21 heavy (non-hydrogen) atoms. The Hall–Kier alpha value is -1.84. The van der Waals surface area contributed by atoms with E-state index in [4.69, 9.17) is 10.5 Å². The largest absolute Gasteiger partial charge is 0.398 e. The summed E-state index contributed by atoms with van der Waals surface area (Å²) in [4.78, 5) is 2.53. The Kier molecular flexibility index (Phi) is 3.17. The summed E-state index contributed by atoms with van der Waals surface area (Å²) in [6.45, 7) is 3.53. The summed E-state index contributed by atoms with van der Waals surface area (Å²) < 4.78 is 5.81. The summed E-state index contributed by atoms with van der Waals surface area (Å²) >= 11 is 0. The lowest BCUT2D eigenvalue weighted by Crippen LogP contribution is -2.38. The Bertz CT molecular complexity index is 668. The smallest absolute Gasteiger partial charge is 0.0721 e. The van der Waals surface area contributed by atoms with Crippen molar-refractivity contribution >= 4 is 5.69 Å². The lowest BCUT2D eigenvalue weighted by atomic mass is 9.93. The van der Waals surface area contributed by atoms with Crippen LogP contribution in [0.2, 0.25) is 0 Å². The third kappa shape index (κ3) is 2.23. The first-order valence-electron chi connectivity index (χ1n) is 7.59. The molecule has 0 amide bonds. The van der Waals surface area contributed by atoms with Crippen molar-refractivity contribution in [2.24, 2.45) is 0 Å². The molecule has 0 radical (unpaired) electrons. The highest BCUT2D eigenvalue weighted by Gasteiger charge is 2.29. The van der Waals surface area contributed by atoms with E-state index < -0.39 is 0 Å². The van der Waals surface area contributed by atoms with Crippen molar-refractivity contribution < 1.29 is 4.74 Å². The minimum Gasteiger partial charge on any atom is -0.398 e. The van der Waals surface area contributed by atoms with E-state index in [0.29, 0.717) is 6.04 Å². The van der Waals surface area contributed by atoms with Gasteiger partial charge in [-0.05, 0) is 34.7 Å². The molecule has 0 aliphatic carbocycles. The van der Waals surface area contributed by atoms with Crippen LogP contribution in [0.1, 0.15) is 28.3 Å². The number of hydrogen-bond acceptors (Lipinski definition) is 3. The zero-order valence-electron chi connectivity index (χ0n) is 12.1. The van der Waals surface area contributed by atoms with Crippen LogP contribution in [0.25, 0.3) is 0 Å². The standard InChI is InChI=1S/C18H20N2O/c19-17-7-3-5-13-10-20(9-8-15(13)17)18-12-21-11-14-4-1-2-6-16(14)18/h1-7,18H,8-12,19H2. The predicted octanol–water partition coefficient (Wildman–Crippen LogP) is 2.90. The van der Waals surface area contributed by atoms with Crippen molar-refractivity contribution in [1.29, 1.82) is 0 Å². The quantitative estimate of drug-likeness (QED) is 0.816. The second-order valence-electron chi connectivity index (χ2n) is 5.94. The molecule has 1 atom stereocenters. The van der Waals surface area contributed by atoms with Crippen molar-refractivity contribution in [3.05, 3.63) is 64.7 Å². The minimum absolute atomic E-state index is 0.365. The monoisotopic (exact) mass is 280 g/mol. The van der Waals surface area contributed by atoms with Crippen LogP contribution in [-0.2, 0) is 24.3 Å². The molecular weight excluding hydrogens is 260 g/mol. The van der Waals surface area contributed by atoms with Crippen LogP contribution in [-0.4, -0.2) is 18.1 Å². The average molecular weight is 280 g/mol. The first-order valence-corrected chi connectivity index (χ1v) is 7.59. The van der Waals surface area contributed by atoms with Gasteiger partial charge in [0.1, 0.15) is 0 Å². The molecule has 0 spiro atoms. The molecule has 2 aromatic carbocycles. The maximum absolute atomic E-state index is 6.10. The molecule has 2 aliphatic heterocycles. The van der Waals surface area contributed by atoms with Gasteiger partial charge in [-0.2, -0.15) is 0 Å². The van der Waals surface area contributed by atoms with Crippen molar-refractivity contribution in [2.45, 2.75) is 25.6 Å². The summed E-state index contributed by atoms with van der Waals surface area (Å²) in [6.07, 6.45) is 1.03. The molecule has 4 rings (SSSR count). The molecule has 1 unspecified atom stereocenters. The number of nitrogen functional groups attached to an aromatic ring is 1. The third-order valence-electron chi connectivity index (χ3n) is 4.72. The summed E-state index contributed by atoms with van der Waals surface area (Å²) in [7, 11) is 0. The molecular formula is C18H20N2O. The molecule has 2 heterocycles. The summed E-state index contributed by atoms with van der Waals surface area (Å²) in [6, 6.07) is 15.3. The molecule has 2 N–H and O–H groups in total. The second kappa shape index (κ2) is 5.17. The van der Waals surface area contributed by atoms with Crippen LogP contribution in [0.15, 0.2) is 42.5 Å². The van der Waals surface area contributed by atoms with E-state index in [1.54, 1.807) is 0 Å². The fourth-order valence-electron chi connectivity index (χ4n) is 3.59. The van der Waals surface area contributed by atoms with Gasteiger partial charge in [-0.25, -0.2) is 0 Å². The van der Waals surface area contributed by atoms with Crippen LogP contribution in [0.5, 0.6) is 0 Å². The number of ether oxygens (including phenoxy) is 1. The molecule has 0 bridgehead atoms. The van der Waals surface area contributed by atoms with Gasteiger partial charge >= 0.3 is 0 Å². The molecule has 2 aromatic rings. The number of rotatable bonds is 1. The maximum Gasteiger partial charge on any atom is 0.0721 e. The van der Waals surface area contributed by atoms with Gasteiger partial charge in [-0.1, -0.05) is 36.4 Å². The highest BCUT2D eigenvalue weighted by atomic mass is 16.5. The maximum atomic E-state index is 6.10. The first-order chi connectivity index (χ1) is 10.3. The van der Waals surface area contributed by atoms with Crippen LogP contribution in [0.3, 0.4) is 0 Å². The van der Waals surface area contributed by atoms with Gasteiger partial charge < -0.3 is 10.5 Å². The zero-order chi connectivity index (χ0) is 14.2. The van der Waals surface area contributed by atoms with Crippen LogP contribution in [0.4, 0.5) is 5.69 Å². The van der Waals surface area contributed by atoms with Gasteiger partial charge in [0.05, 0.1) is 19.3 Å². The highest BCUT2D eigenvalue weighted by Crippen LogP contribution is 2.34. The van der Waals surface area contributed by atoms with E-state index in [9.17, 15) is 0 Å². The number of benzene rings is 2. The van der Waals surface area contributed by atoms with Crippen molar-refractivity contribution in [1.82, 2.24) is 4.90 Å². The Labute approximate surface area is 125 Å². The van der Waals surface area contributed by atoms with Gasteiger partial charge in [-0.3, -0.25) is 4.90 Å². The van der Waals surface area contributed by atoms with Gasteiger partial charge in [0.2, 0.25) is 0 Å². The van der Waals surface area contributed by atoms with Crippen molar-refractivity contribution in [3.8, 4) is 0 Å². The first kappa shape index (κ1) is 12.9. The molecule has 0 saturated carbocycles. The van der Waals surface area contributed by atoms with E-state index in [1.807, 2.05) is 6.07 Å². The number of fused-ring (bicyclic) bond motifs is 2. The number of nitrogens with two attached hydrogens (primary N) is 1. The lowest BCUT2D eigenvalue weighted by Gasteiger charge is -2.38. The van der Waals surface area contributed by atoms with Gasteiger partial charge in [0, 0.05) is 18.8 Å². The van der Waals surface area contributed by atoms with E-state index in [2.05, 4.69) is 41.3 Å². The van der Waals surface area contributed by atoms with Gasteiger partial charge in [-0.15, -0.1) is 0 Å². The van der Waals surface area contributed by atoms with Crippen molar-refractivity contribution in [3.63, 3.8) is 0 Å². The fraction of sp³-hybridized carbons (Fsp3) is 0.333. The highest BCUT2D eigenvalue weighted by molar-refractivity contribution is 5.52. The molecule has 2 aliphatic rings. The predicted molar refractivity (Wildman–Crippen MR) is 83.8 cm³/mol. The lowest BCUT2D eigenvalue weighted by molar-refractivity contribution is 0.0267. The molecule has 0 saturated heterocycles. The fourth-order valence-corrected chi connectivity index (χ4v) is 3.59. The summed E-state index contributed by atoms with van der Waals surface area (Å²) in [5.41, 5.74) is 12.5. The summed E-state index contributed by atoms with van der Waals surface area (Å²) in [5.74, 6) is 0. The van der Waals surface area contributed by atoms with Crippen molar-refractivity contribution in [2.75, 3.05) is 18.9 Å². The van der Waals surface area contributed by atoms with Gasteiger partial charge in [0.15, 0.2) is 0 Å². The molecule has 3 heteroatoms. The number of anilines is 1. The van der Waals surface area contributed by atoms with E-state index in [0.717, 1.165) is 38.4 Å². The zero-order valence-corrected chi connectivity index (χ0v) is 12.1. The number of nitrogens with zero attached hydrogens (tertiary/aromatic N) is 1. The van der Waals surface area contributed by atoms with Crippen LogP contribution < -0.4 is 5.73 Å². The Morgan fingerprint density at radius 1 is 1.05 bits per heavy atom. The SMILES string of the molecule is Nc1cccc2c1CCN(C1COCc3ccccc31)C2. The second-order valence-corrected chi connectivity index (χ2v) is 5.94. The molecule has 108 valence electrons. The molecule has 0 aromatic heterocycles. The Morgan fingerprint density at radius 3 is 2.86 bits per heavy atom. The Balaban J connectivity index is 1.65. The normalized spacial score (nSPS) is 21.6. The van der Waals surface area contributed by atoms with Gasteiger partial charge in [0.25, 0.3) is 0 Å². The molecule has 3 nitrogen and oxygen atoms in total. The number of hydrogen-bond donors (Lipinski definition) is 1. The molecule has 0 fully saturated rings. The van der Waals surface area contributed by atoms with E-state index >= 15 is 0 Å². The average Bonchev–Trinajstić information content (AvgIpc) is 2.54. The van der Waals surface area contributed by atoms with Crippen LogP contribution >= 0.6 is 0 Å². The summed E-state index contributed by atoms with van der Waals surface area (Å²) in [5, 5.41) is 0.